The quantitative estimate of drug-likeness (QED) is 0.325. The fourth-order valence-electron chi connectivity index (χ4n) is 4.17. The number of amides is 4. The van der Waals surface area contributed by atoms with Crippen molar-refractivity contribution >= 4 is 52.1 Å². The van der Waals surface area contributed by atoms with Crippen molar-refractivity contribution in [3.8, 4) is 0 Å². The Labute approximate surface area is 201 Å². The number of nitrogens with one attached hydrogen (secondary N) is 1. The number of halogens is 1. The third kappa shape index (κ3) is 3.78. The van der Waals surface area contributed by atoms with E-state index in [0.29, 0.717) is 28.4 Å². The normalized spacial score (nSPS) is 15.3. The van der Waals surface area contributed by atoms with E-state index < -0.39 is 17.8 Å². The summed E-state index contributed by atoms with van der Waals surface area (Å²) in [5, 5.41) is 3.60. The lowest BCUT2D eigenvalue weighted by Crippen LogP contribution is -2.54. The molecule has 0 spiro atoms. The number of imide groups is 2. The first kappa shape index (κ1) is 21.7. The topological polar surface area (TPSA) is 71.4 Å². The Kier molecular flexibility index (Phi) is 5.51. The number of nitrogens with zero attached hydrogens (tertiary/aromatic N) is 2. The lowest BCUT2D eigenvalue weighted by atomic mass is 10.1. The summed E-state index contributed by atoms with van der Waals surface area (Å²) >= 11 is 6.20. The molecule has 0 radical (unpaired) electrons. The second-order valence-corrected chi connectivity index (χ2v) is 8.46. The van der Waals surface area contributed by atoms with Crippen molar-refractivity contribution in [2.75, 3.05) is 4.90 Å². The number of benzene rings is 3. The molecule has 1 saturated heterocycles. The van der Waals surface area contributed by atoms with Gasteiger partial charge in [0.05, 0.1) is 5.69 Å². The van der Waals surface area contributed by atoms with Crippen molar-refractivity contribution in [2.24, 2.45) is 0 Å². The Bertz CT molecular complexity index is 1490. The van der Waals surface area contributed by atoms with Crippen LogP contribution in [0.25, 0.3) is 17.0 Å². The summed E-state index contributed by atoms with van der Waals surface area (Å²) in [6.45, 7) is 2.35. The van der Waals surface area contributed by atoms with Gasteiger partial charge in [0.1, 0.15) is 5.57 Å². The van der Waals surface area contributed by atoms with E-state index in [9.17, 15) is 14.4 Å². The van der Waals surface area contributed by atoms with Gasteiger partial charge >= 0.3 is 6.03 Å². The summed E-state index contributed by atoms with van der Waals surface area (Å²) in [4.78, 5) is 39.6. The van der Waals surface area contributed by atoms with Gasteiger partial charge < -0.3 is 4.57 Å². The van der Waals surface area contributed by atoms with Gasteiger partial charge in [0.15, 0.2) is 0 Å². The minimum Gasteiger partial charge on any atom is -0.342 e. The fourth-order valence-corrected chi connectivity index (χ4v) is 4.34. The molecule has 0 atom stereocenters. The predicted octanol–water partition coefficient (Wildman–Crippen LogP) is 5.32. The zero-order valence-corrected chi connectivity index (χ0v) is 19.0. The smallest absolute Gasteiger partial charge is 0.335 e. The average Bonchev–Trinajstić information content (AvgIpc) is 3.17. The van der Waals surface area contributed by atoms with Crippen LogP contribution in [0.15, 0.2) is 84.6 Å². The summed E-state index contributed by atoms with van der Waals surface area (Å²) < 4.78 is 2.08. The number of para-hydroxylation sites is 1. The van der Waals surface area contributed by atoms with E-state index in [4.69, 9.17) is 11.6 Å². The van der Waals surface area contributed by atoms with Crippen molar-refractivity contribution in [1.82, 2.24) is 9.88 Å². The van der Waals surface area contributed by atoms with Crippen LogP contribution in [0.4, 0.5) is 10.5 Å². The minimum atomic E-state index is -0.802. The molecular weight excluding hydrogens is 450 g/mol. The van der Waals surface area contributed by atoms with Gasteiger partial charge in [-0.2, -0.15) is 0 Å². The molecule has 0 aliphatic carbocycles. The van der Waals surface area contributed by atoms with E-state index in [1.807, 2.05) is 60.8 Å². The number of urea groups is 1. The number of carbonyl (C=O) groups excluding carboxylic acids is 3. The Morgan fingerprint density at radius 2 is 1.65 bits per heavy atom. The lowest BCUT2D eigenvalue weighted by Gasteiger charge is -2.27. The SMILES string of the molecule is Cc1c(Cl)cccc1N1C(=O)NC(=O)/C(=C\c2cn(Cc3ccccc3)c3ccccc23)C1=O. The van der Waals surface area contributed by atoms with E-state index >= 15 is 0 Å². The molecule has 0 saturated carbocycles. The zero-order valence-electron chi connectivity index (χ0n) is 18.3. The van der Waals surface area contributed by atoms with E-state index in [2.05, 4.69) is 9.88 Å². The van der Waals surface area contributed by atoms with Crippen molar-refractivity contribution in [3.63, 3.8) is 0 Å². The Morgan fingerprint density at radius 3 is 2.44 bits per heavy atom. The van der Waals surface area contributed by atoms with Gasteiger partial charge in [-0.25, -0.2) is 9.69 Å². The van der Waals surface area contributed by atoms with Gasteiger partial charge in [0.2, 0.25) is 0 Å². The van der Waals surface area contributed by atoms with Crippen LogP contribution in [0.1, 0.15) is 16.7 Å². The molecule has 3 aromatic carbocycles. The highest BCUT2D eigenvalue weighted by molar-refractivity contribution is 6.40. The predicted molar refractivity (Wildman–Crippen MR) is 133 cm³/mol. The van der Waals surface area contributed by atoms with Gasteiger partial charge in [-0.3, -0.25) is 14.9 Å². The van der Waals surface area contributed by atoms with Crippen LogP contribution < -0.4 is 10.2 Å². The third-order valence-corrected chi connectivity index (χ3v) is 6.31. The van der Waals surface area contributed by atoms with Crippen LogP contribution >= 0.6 is 11.6 Å². The molecule has 4 aromatic rings. The van der Waals surface area contributed by atoms with Crippen LogP contribution in [-0.2, 0) is 16.1 Å². The second-order valence-electron chi connectivity index (χ2n) is 8.06. The van der Waals surface area contributed by atoms with Gasteiger partial charge in [-0.05, 0) is 42.3 Å². The molecule has 1 fully saturated rings. The summed E-state index contributed by atoms with van der Waals surface area (Å²) in [5.41, 5.74) is 3.59. The molecule has 1 aromatic heterocycles. The first-order chi connectivity index (χ1) is 16.4. The summed E-state index contributed by atoms with van der Waals surface area (Å²) in [7, 11) is 0. The highest BCUT2D eigenvalue weighted by Gasteiger charge is 2.37. The van der Waals surface area contributed by atoms with Crippen molar-refractivity contribution < 1.29 is 14.4 Å². The number of rotatable bonds is 4. The minimum absolute atomic E-state index is 0.124. The maximum atomic E-state index is 13.4. The molecule has 1 N–H and O–H groups in total. The summed E-state index contributed by atoms with van der Waals surface area (Å²) in [5.74, 6) is -1.43. The monoisotopic (exact) mass is 469 g/mol. The standard InChI is InChI=1S/C27H20ClN3O3/c1-17-22(28)11-7-13-23(17)31-26(33)21(25(32)29-27(31)34)14-19-16-30(15-18-8-3-2-4-9-18)24-12-6-5-10-20(19)24/h2-14,16H,15H2,1H3,(H,29,32,34)/b21-14+. The Hall–Kier alpha value is -4.16. The maximum Gasteiger partial charge on any atom is 0.335 e. The van der Waals surface area contributed by atoms with Gasteiger partial charge in [-0.15, -0.1) is 0 Å². The molecule has 2 heterocycles. The molecule has 6 nitrogen and oxygen atoms in total. The zero-order chi connectivity index (χ0) is 23.8. The third-order valence-electron chi connectivity index (χ3n) is 5.90. The Balaban J connectivity index is 1.59. The molecule has 0 unspecified atom stereocenters. The van der Waals surface area contributed by atoms with Gasteiger partial charge in [-0.1, -0.05) is 66.2 Å². The number of aromatic nitrogens is 1. The number of fused-ring (bicyclic) bond motifs is 1. The highest BCUT2D eigenvalue weighted by Crippen LogP contribution is 2.31. The second kappa shape index (κ2) is 8.65. The van der Waals surface area contributed by atoms with E-state index in [1.54, 1.807) is 31.2 Å². The van der Waals surface area contributed by atoms with Crippen LogP contribution in [0.5, 0.6) is 0 Å². The molecule has 1 aliphatic rings. The van der Waals surface area contributed by atoms with Crippen LogP contribution in [0.2, 0.25) is 5.02 Å². The van der Waals surface area contributed by atoms with Crippen molar-refractivity contribution in [1.29, 1.82) is 0 Å². The maximum absolute atomic E-state index is 13.4. The Morgan fingerprint density at radius 1 is 0.912 bits per heavy atom. The molecule has 5 rings (SSSR count). The van der Waals surface area contributed by atoms with Crippen LogP contribution in [0.3, 0.4) is 0 Å². The largest absolute Gasteiger partial charge is 0.342 e. The first-order valence-electron chi connectivity index (χ1n) is 10.7. The summed E-state index contributed by atoms with van der Waals surface area (Å²) in [6, 6.07) is 22.0. The number of anilines is 1. The molecule has 0 bridgehead atoms. The number of hydrogen-bond donors (Lipinski definition) is 1. The molecular formula is C27H20ClN3O3. The average molecular weight is 470 g/mol. The highest BCUT2D eigenvalue weighted by atomic mass is 35.5. The van der Waals surface area contributed by atoms with Crippen LogP contribution in [0, 0.1) is 6.92 Å². The molecule has 34 heavy (non-hydrogen) atoms. The number of barbiturate groups is 1. The molecule has 1 aliphatic heterocycles. The van der Waals surface area contributed by atoms with Crippen molar-refractivity contribution in [3.05, 3.63) is 106 Å². The first-order valence-corrected chi connectivity index (χ1v) is 11.1. The van der Waals surface area contributed by atoms with E-state index in [-0.39, 0.29) is 5.57 Å². The van der Waals surface area contributed by atoms with E-state index in [1.165, 1.54) is 0 Å². The fraction of sp³-hybridized carbons (Fsp3) is 0.0741. The van der Waals surface area contributed by atoms with Crippen LogP contribution in [-0.4, -0.2) is 22.4 Å². The van der Waals surface area contributed by atoms with Crippen molar-refractivity contribution in [2.45, 2.75) is 13.5 Å². The molecule has 7 heteroatoms. The van der Waals surface area contributed by atoms with Gasteiger partial charge in [0, 0.05) is 34.2 Å². The molecule has 4 amide bonds. The number of hydrogen-bond acceptors (Lipinski definition) is 3. The van der Waals surface area contributed by atoms with E-state index in [0.717, 1.165) is 21.4 Å². The lowest BCUT2D eigenvalue weighted by molar-refractivity contribution is -0.122. The van der Waals surface area contributed by atoms with Gasteiger partial charge in [0.25, 0.3) is 11.8 Å². The number of carbonyl (C=O) groups is 3. The summed E-state index contributed by atoms with van der Waals surface area (Å²) in [6.07, 6.45) is 3.46. The molecule has 168 valence electrons.